The summed E-state index contributed by atoms with van der Waals surface area (Å²) in [7, 11) is 0. The molecule has 9 heteroatoms. The van der Waals surface area contributed by atoms with Gasteiger partial charge in [-0.25, -0.2) is 9.97 Å². The second-order valence-electron chi connectivity index (χ2n) is 8.55. The van der Waals surface area contributed by atoms with Crippen molar-refractivity contribution in [3.8, 4) is 17.3 Å². The van der Waals surface area contributed by atoms with Gasteiger partial charge in [-0.1, -0.05) is 30.3 Å². The number of pyridine rings is 2. The lowest BCUT2D eigenvalue weighted by Gasteiger charge is -2.30. The smallest absolute Gasteiger partial charge is 0.276 e. The Hall–Kier alpha value is -4.53. The SMILES string of the molecule is Nc1ccc(-c2cncc(OCc3ccccc3)n2)nc1C(=O)Nc1cnccc1N1CCCCC1. The van der Waals surface area contributed by atoms with Crippen molar-refractivity contribution in [2.45, 2.75) is 25.9 Å². The zero-order chi connectivity index (χ0) is 24.7. The molecule has 1 amide bonds. The Labute approximate surface area is 209 Å². The minimum atomic E-state index is -0.412. The molecule has 0 radical (unpaired) electrons. The van der Waals surface area contributed by atoms with Gasteiger partial charge in [0.25, 0.3) is 5.91 Å². The quantitative estimate of drug-likeness (QED) is 0.400. The van der Waals surface area contributed by atoms with Crippen LogP contribution in [0.3, 0.4) is 0 Å². The molecule has 0 saturated carbocycles. The van der Waals surface area contributed by atoms with Crippen molar-refractivity contribution in [2.24, 2.45) is 0 Å². The first kappa shape index (κ1) is 23.2. The van der Waals surface area contributed by atoms with E-state index in [2.05, 4.69) is 30.2 Å². The summed E-state index contributed by atoms with van der Waals surface area (Å²) in [4.78, 5) is 32.9. The maximum atomic E-state index is 13.2. The molecule has 0 spiro atoms. The highest BCUT2D eigenvalue weighted by molar-refractivity contribution is 6.07. The molecule has 182 valence electrons. The highest BCUT2D eigenvalue weighted by atomic mass is 16.5. The molecule has 3 aromatic heterocycles. The molecule has 1 fully saturated rings. The molecule has 5 rings (SSSR count). The zero-order valence-electron chi connectivity index (χ0n) is 19.8. The van der Waals surface area contributed by atoms with Crippen molar-refractivity contribution < 1.29 is 9.53 Å². The van der Waals surface area contributed by atoms with E-state index in [0.29, 0.717) is 29.6 Å². The average Bonchev–Trinajstić information content (AvgIpc) is 2.93. The molecule has 0 aliphatic carbocycles. The van der Waals surface area contributed by atoms with Crippen LogP contribution in [0, 0.1) is 0 Å². The van der Waals surface area contributed by atoms with Gasteiger partial charge in [-0.15, -0.1) is 0 Å². The lowest BCUT2D eigenvalue weighted by Crippen LogP contribution is -2.30. The molecule has 9 nitrogen and oxygen atoms in total. The van der Waals surface area contributed by atoms with Gasteiger partial charge in [0.15, 0.2) is 5.69 Å². The third kappa shape index (κ3) is 5.41. The minimum Gasteiger partial charge on any atom is -0.472 e. The molecule has 1 aliphatic rings. The number of amides is 1. The van der Waals surface area contributed by atoms with Gasteiger partial charge in [-0.3, -0.25) is 14.8 Å². The summed E-state index contributed by atoms with van der Waals surface area (Å²) in [5, 5.41) is 2.95. The van der Waals surface area contributed by atoms with E-state index < -0.39 is 5.91 Å². The Bertz CT molecular complexity index is 1340. The summed E-state index contributed by atoms with van der Waals surface area (Å²) in [6.07, 6.45) is 9.98. The van der Waals surface area contributed by atoms with E-state index in [1.165, 1.54) is 6.42 Å². The number of rotatable bonds is 7. The van der Waals surface area contributed by atoms with Crippen molar-refractivity contribution in [3.05, 3.63) is 84.6 Å². The van der Waals surface area contributed by atoms with Gasteiger partial charge in [0, 0.05) is 19.3 Å². The number of nitrogens with two attached hydrogens (primary N) is 1. The van der Waals surface area contributed by atoms with Crippen LogP contribution in [0.5, 0.6) is 5.88 Å². The van der Waals surface area contributed by atoms with Crippen LogP contribution in [0.1, 0.15) is 35.3 Å². The number of nitrogens with one attached hydrogen (secondary N) is 1. The largest absolute Gasteiger partial charge is 0.472 e. The van der Waals surface area contributed by atoms with Crippen molar-refractivity contribution >= 4 is 23.0 Å². The molecule has 3 N–H and O–H groups in total. The van der Waals surface area contributed by atoms with E-state index in [1.807, 2.05) is 36.4 Å². The normalized spacial score (nSPS) is 13.3. The van der Waals surface area contributed by atoms with E-state index in [4.69, 9.17) is 10.5 Å². The van der Waals surface area contributed by atoms with Gasteiger partial charge in [-0.05, 0) is 43.0 Å². The van der Waals surface area contributed by atoms with Gasteiger partial charge < -0.3 is 20.7 Å². The molecule has 1 saturated heterocycles. The Kier molecular flexibility index (Phi) is 6.98. The summed E-state index contributed by atoms with van der Waals surface area (Å²) >= 11 is 0. The molecule has 4 heterocycles. The van der Waals surface area contributed by atoms with Crippen LogP contribution >= 0.6 is 0 Å². The first-order valence-electron chi connectivity index (χ1n) is 11.9. The molecule has 36 heavy (non-hydrogen) atoms. The standard InChI is InChI=1S/C27H27N7O2/c28-20-9-10-21(22-15-30-17-25(31-22)36-18-19-7-3-1-4-8-19)32-26(20)27(35)33-23-16-29-12-11-24(23)34-13-5-2-6-14-34/h1,3-4,7-12,15-17H,2,5-6,13-14,18,28H2,(H,33,35). The van der Waals surface area contributed by atoms with Crippen LogP contribution in [0.15, 0.2) is 73.3 Å². The highest BCUT2D eigenvalue weighted by Gasteiger charge is 2.19. The van der Waals surface area contributed by atoms with Gasteiger partial charge in [0.2, 0.25) is 5.88 Å². The Morgan fingerprint density at radius 2 is 1.75 bits per heavy atom. The molecular formula is C27H27N7O2. The third-order valence-electron chi connectivity index (χ3n) is 5.99. The number of ether oxygens (including phenoxy) is 1. The zero-order valence-corrected chi connectivity index (χ0v) is 19.8. The second kappa shape index (κ2) is 10.8. The first-order valence-corrected chi connectivity index (χ1v) is 11.9. The molecule has 0 atom stereocenters. The van der Waals surface area contributed by atoms with Crippen molar-refractivity contribution in [3.63, 3.8) is 0 Å². The lowest BCUT2D eigenvalue weighted by atomic mass is 10.1. The molecular weight excluding hydrogens is 454 g/mol. The van der Waals surface area contributed by atoms with Crippen LogP contribution < -0.4 is 20.7 Å². The van der Waals surface area contributed by atoms with E-state index in [0.717, 1.165) is 37.2 Å². The average molecular weight is 482 g/mol. The van der Waals surface area contributed by atoms with E-state index in [-0.39, 0.29) is 11.4 Å². The molecule has 0 bridgehead atoms. The van der Waals surface area contributed by atoms with Gasteiger partial charge in [-0.2, -0.15) is 0 Å². The highest BCUT2D eigenvalue weighted by Crippen LogP contribution is 2.28. The number of nitrogen functional groups attached to an aromatic ring is 1. The van der Waals surface area contributed by atoms with Crippen LogP contribution in [0.2, 0.25) is 0 Å². The van der Waals surface area contributed by atoms with E-state index in [1.54, 1.807) is 36.9 Å². The summed E-state index contributed by atoms with van der Waals surface area (Å²) in [5.74, 6) is -0.0486. The summed E-state index contributed by atoms with van der Waals surface area (Å²) in [6, 6.07) is 15.1. The number of carbonyl (C=O) groups excluding carboxylic acids is 1. The maximum Gasteiger partial charge on any atom is 0.276 e. The van der Waals surface area contributed by atoms with Gasteiger partial charge in [0.1, 0.15) is 12.3 Å². The predicted octanol–water partition coefficient (Wildman–Crippen LogP) is 4.34. The molecule has 1 aromatic carbocycles. The molecule has 4 aromatic rings. The van der Waals surface area contributed by atoms with Gasteiger partial charge in [0.05, 0.1) is 41.3 Å². The number of hydrogen-bond acceptors (Lipinski definition) is 8. The van der Waals surface area contributed by atoms with Crippen LogP contribution in [0.25, 0.3) is 11.4 Å². The topological polar surface area (TPSA) is 119 Å². The Balaban J connectivity index is 1.35. The molecule has 0 unspecified atom stereocenters. The fourth-order valence-corrected chi connectivity index (χ4v) is 4.14. The first-order chi connectivity index (χ1) is 17.7. The van der Waals surface area contributed by atoms with Crippen molar-refractivity contribution in [2.75, 3.05) is 29.0 Å². The van der Waals surface area contributed by atoms with Crippen molar-refractivity contribution in [1.29, 1.82) is 0 Å². The fourth-order valence-electron chi connectivity index (χ4n) is 4.14. The van der Waals surface area contributed by atoms with E-state index in [9.17, 15) is 4.79 Å². The number of anilines is 3. The monoisotopic (exact) mass is 481 g/mol. The summed E-state index contributed by atoms with van der Waals surface area (Å²) in [6.45, 7) is 2.26. The summed E-state index contributed by atoms with van der Waals surface area (Å²) < 4.78 is 5.79. The summed E-state index contributed by atoms with van der Waals surface area (Å²) in [5.41, 5.74) is 10.1. The lowest BCUT2D eigenvalue weighted by molar-refractivity contribution is 0.102. The van der Waals surface area contributed by atoms with Gasteiger partial charge >= 0.3 is 0 Å². The van der Waals surface area contributed by atoms with Crippen LogP contribution in [-0.2, 0) is 6.61 Å². The number of benzene rings is 1. The number of piperidine rings is 1. The minimum absolute atomic E-state index is 0.110. The number of nitrogens with zero attached hydrogens (tertiary/aromatic N) is 5. The third-order valence-corrected chi connectivity index (χ3v) is 5.99. The second-order valence-corrected chi connectivity index (χ2v) is 8.55. The Morgan fingerprint density at radius 1 is 0.917 bits per heavy atom. The predicted molar refractivity (Wildman–Crippen MR) is 139 cm³/mol. The Morgan fingerprint density at radius 3 is 2.58 bits per heavy atom. The maximum absolute atomic E-state index is 13.2. The van der Waals surface area contributed by atoms with Crippen LogP contribution in [0.4, 0.5) is 17.1 Å². The van der Waals surface area contributed by atoms with Crippen LogP contribution in [-0.4, -0.2) is 38.9 Å². The molecule has 1 aliphatic heterocycles. The number of hydrogen-bond donors (Lipinski definition) is 2. The van der Waals surface area contributed by atoms with E-state index >= 15 is 0 Å². The van der Waals surface area contributed by atoms with Crippen molar-refractivity contribution in [1.82, 2.24) is 19.9 Å². The number of aromatic nitrogens is 4. The number of carbonyl (C=O) groups is 1. The fraction of sp³-hybridized carbons (Fsp3) is 0.222.